The number of thiazole rings is 1. The van der Waals surface area contributed by atoms with Crippen LogP contribution in [0.15, 0.2) is 51.7 Å². The Hall–Kier alpha value is -2.71. The summed E-state index contributed by atoms with van der Waals surface area (Å²) in [6.45, 7) is 2.88. The van der Waals surface area contributed by atoms with E-state index in [4.69, 9.17) is 9.47 Å². The highest BCUT2D eigenvalue weighted by Crippen LogP contribution is 2.28. The van der Waals surface area contributed by atoms with Crippen molar-refractivity contribution in [1.29, 1.82) is 0 Å². The number of methoxy groups -OCH3 is 1. The number of hydrogen-bond acceptors (Lipinski definition) is 6. The van der Waals surface area contributed by atoms with Crippen molar-refractivity contribution in [2.24, 2.45) is 0 Å². The highest BCUT2D eigenvalue weighted by molar-refractivity contribution is 9.10. The van der Waals surface area contributed by atoms with Gasteiger partial charge < -0.3 is 9.47 Å². The Bertz CT molecular complexity index is 1330. The van der Waals surface area contributed by atoms with E-state index in [2.05, 4.69) is 32.9 Å². The number of hydrogen-bond donors (Lipinski definition) is 0. The molecule has 0 bridgehead atoms. The van der Waals surface area contributed by atoms with Gasteiger partial charge in [-0.25, -0.2) is 0 Å². The molecule has 0 saturated carbocycles. The van der Waals surface area contributed by atoms with Crippen LogP contribution in [0.1, 0.15) is 44.6 Å². The molecule has 2 aromatic carbocycles. The van der Waals surface area contributed by atoms with E-state index in [1.807, 2.05) is 48.5 Å². The predicted molar refractivity (Wildman–Crippen MR) is 136 cm³/mol. The zero-order valence-electron chi connectivity index (χ0n) is 18.7. The average Bonchev–Trinajstić information content (AvgIpc) is 3.36. The third-order valence-electron chi connectivity index (χ3n) is 5.28. The fourth-order valence-electron chi connectivity index (χ4n) is 3.49. The summed E-state index contributed by atoms with van der Waals surface area (Å²) >= 11 is 4.74. The molecule has 4 aromatic rings. The molecule has 0 aliphatic heterocycles. The Morgan fingerprint density at radius 1 is 1.06 bits per heavy atom. The maximum absolute atomic E-state index is 12.9. The van der Waals surface area contributed by atoms with Crippen LogP contribution in [0.25, 0.3) is 22.4 Å². The highest BCUT2D eigenvalue weighted by Gasteiger charge is 2.12. The van der Waals surface area contributed by atoms with Crippen LogP contribution >= 0.6 is 27.3 Å². The molecule has 172 valence electrons. The minimum atomic E-state index is -0.183. The summed E-state index contributed by atoms with van der Waals surface area (Å²) in [5.41, 5.74) is 1.54. The molecule has 0 N–H and O–H groups in total. The number of ether oxygens (including phenoxy) is 2. The Morgan fingerprint density at radius 2 is 1.85 bits per heavy atom. The van der Waals surface area contributed by atoms with Crippen LogP contribution < -0.4 is 19.6 Å². The topological polar surface area (TPSA) is 65.7 Å². The van der Waals surface area contributed by atoms with Gasteiger partial charge in [-0.2, -0.15) is 9.50 Å². The number of unbranched alkanes of at least 4 members (excludes halogenated alkanes) is 4. The van der Waals surface area contributed by atoms with Gasteiger partial charge in [-0.15, -0.1) is 5.10 Å². The minimum absolute atomic E-state index is 0.183. The number of rotatable bonds is 10. The van der Waals surface area contributed by atoms with E-state index in [1.54, 1.807) is 7.11 Å². The first-order valence-electron chi connectivity index (χ1n) is 11.1. The molecule has 0 aliphatic carbocycles. The second kappa shape index (κ2) is 10.9. The van der Waals surface area contributed by atoms with Gasteiger partial charge in [0.1, 0.15) is 0 Å². The summed E-state index contributed by atoms with van der Waals surface area (Å²) in [5.74, 6) is 1.91. The number of fused-ring (bicyclic) bond motifs is 1. The van der Waals surface area contributed by atoms with Crippen molar-refractivity contribution < 1.29 is 9.47 Å². The highest BCUT2D eigenvalue weighted by atomic mass is 79.9. The summed E-state index contributed by atoms with van der Waals surface area (Å²) in [6.07, 6.45) is 7.78. The van der Waals surface area contributed by atoms with E-state index in [0.717, 1.165) is 22.0 Å². The van der Waals surface area contributed by atoms with Crippen LogP contribution in [0.4, 0.5) is 0 Å². The Morgan fingerprint density at radius 3 is 2.58 bits per heavy atom. The minimum Gasteiger partial charge on any atom is -0.493 e. The molecule has 0 fully saturated rings. The van der Waals surface area contributed by atoms with Crippen molar-refractivity contribution in [3.8, 4) is 22.9 Å². The molecule has 6 nitrogen and oxygen atoms in total. The molecule has 8 heteroatoms. The number of halogens is 1. The van der Waals surface area contributed by atoms with Crippen LogP contribution in [0.2, 0.25) is 0 Å². The Labute approximate surface area is 205 Å². The van der Waals surface area contributed by atoms with E-state index < -0.39 is 0 Å². The second-order valence-electron chi connectivity index (χ2n) is 7.73. The molecule has 0 atom stereocenters. The summed E-state index contributed by atoms with van der Waals surface area (Å²) in [5, 5.41) is 4.41. The molecule has 0 amide bonds. The van der Waals surface area contributed by atoms with Crippen molar-refractivity contribution in [2.45, 2.75) is 39.0 Å². The molecule has 2 aromatic heterocycles. The summed E-state index contributed by atoms with van der Waals surface area (Å²) < 4.78 is 14.3. The van der Waals surface area contributed by atoms with Crippen LogP contribution in [-0.4, -0.2) is 28.3 Å². The van der Waals surface area contributed by atoms with Crippen molar-refractivity contribution >= 4 is 38.3 Å². The molecule has 0 spiro atoms. The van der Waals surface area contributed by atoms with E-state index in [0.29, 0.717) is 33.4 Å². The van der Waals surface area contributed by atoms with Gasteiger partial charge in [-0.1, -0.05) is 78.1 Å². The number of nitrogens with zero attached hydrogens (tertiary/aromatic N) is 3. The van der Waals surface area contributed by atoms with Crippen molar-refractivity contribution in [3.63, 3.8) is 0 Å². The second-order valence-corrected chi connectivity index (χ2v) is 9.65. The number of benzene rings is 2. The lowest BCUT2D eigenvalue weighted by Gasteiger charge is -2.11. The lowest BCUT2D eigenvalue weighted by atomic mass is 10.1. The standard InChI is InChI=1S/C25H26BrN3O3S/c1-3-4-5-6-7-14-32-20-13-8-17(15-21(20)31-2)16-22-24(30)29-25(33-22)27-23(28-29)18-9-11-19(26)12-10-18/h8-13,15-16H,3-7,14H2,1-2H3/b22-16-. The van der Waals surface area contributed by atoms with Crippen molar-refractivity contribution in [3.05, 3.63) is 67.4 Å². The summed E-state index contributed by atoms with van der Waals surface area (Å²) in [6, 6.07) is 13.4. The normalized spacial score (nSPS) is 11.9. The Balaban J connectivity index is 1.52. The summed E-state index contributed by atoms with van der Waals surface area (Å²) in [4.78, 5) is 18.0. The third kappa shape index (κ3) is 5.62. The van der Waals surface area contributed by atoms with E-state index in [-0.39, 0.29) is 5.56 Å². The Kier molecular flexibility index (Phi) is 7.77. The molecule has 0 aliphatic rings. The van der Waals surface area contributed by atoms with Gasteiger partial charge in [0.15, 0.2) is 17.3 Å². The maximum atomic E-state index is 12.9. The molecule has 0 radical (unpaired) electrons. The molecule has 4 rings (SSSR count). The van der Waals surface area contributed by atoms with Crippen LogP contribution in [-0.2, 0) is 0 Å². The molecular formula is C25H26BrN3O3S. The van der Waals surface area contributed by atoms with Crippen LogP contribution in [0.5, 0.6) is 11.5 Å². The zero-order chi connectivity index (χ0) is 23.2. The van der Waals surface area contributed by atoms with Crippen LogP contribution in [0.3, 0.4) is 0 Å². The first kappa shape index (κ1) is 23.4. The van der Waals surface area contributed by atoms with Gasteiger partial charge in [-0.05, 0) is 42.3 Å². The monoisotopic (exact) mass is 527 g/mol. The largest absolute Gasteiger partial charge is 0.493 e. The number of aromatic nitrogens is 3. The fraction of sp³-hybridized carbons (Fsp3) is 0.320. The van der Waals surface area contributed by atoms with Gasteiger partial charge in [0, 0.05) is 10.0 Å². The predicted octanol–water partition coefficient (Wildman–Crippen LogP) is 5.49. The van der Waals surface area contributed by atoms with Gasteiger partial charge in [-0.3, -0.25) is 4.79 Å². The summed E-state index contributed by atoms with van der Waals surface area (Å²) in [7, 11) is 1.62. The molecule has 0 saturated heterocycles. The van der Waals surface area contributed by atoms with Gasteiger partial charge in [0.25, 0.3) is 5.56 Å². The zero-order valence-corrected chi connectivity index (χ0v) is 21.1. The fourth-order valence-corrected chi connectivity index (χ4v) is 4.66. The quantitative estimate of drug-likeness (QED) is 0.255. The molecule has 33 heavy (non-hydrogen) atoms. The molecular weight excluding hydrogens is 502 g/mol. The molecule has 2 heterocycles. The van der Waals surface area contributed by atoms with Crippen molar-refractivity contribution in [1.82, 2.24) is 14.6 Å². The lowest BCUT2D eigenvalue weighted by molar-refractivity contribution is 0.285. The SMILES string of the molecule is CCCCCCCOc1ccc(/C=c2\sc3nc(-c4ccc(Br)cc4)nn3c2=O)cc1OC. The van der Waals surface area contributed by atoms with E-state index in [1.165, 1.54) is 41.5 Å². The van der Waals surface area contributed by atoms with Crippen LogP contribution in [0, 0.1) is 0 Å². The first-order valence-corrected chi connectivity index (χ1v) is 12.7. The lowest BCUT2D eigenvalue weighted by Crippen LogP contribution is -2.23. The van der Waals surface area contributed by atoms with Gasteiger partial charge >= 0.3 is 0 Å². The first-order chi connectivity index (χ1) is 16.1. The van der Waals surface area contributed by atoms with E-state index >= 15 is 0 Å². The van der Waals surface area contributed by atoms with E-state index in [9.17, 15) is 4.79 Å². The average molecular weight is 528 g/mol. The van der Waals surface area contributed by atoms with Gasteiger partial charge in [0.05, 0.1) is 18.2 Å². The third-order valence-corrected chi connectivity index (χ3v) is 6.76. The van der Waals surface area contributed by atoms with Crippen molar-refractivity contribution in [2.75, 3.05) is 13.7 Å². The maximum Gasteiger partial charge on any atom is 0.291 e. The molecule has 0 unspecified atom stereocenters. The van der Waals surface area contributed by atoms with Gasteiger partial charge in [0.2, 0.25) is 4.96 Å². The smallest absolute Gasteiger partial charge is 0.291 e.